The quantitative estimate of drug-likeness (QED) is 0.928. The zero-order chi connectivity index (χ0) is 16.2. The first-order valence-electron chi connectivity index (χ1n) is 8.95. The molecule has 0 spiro atoms. The van der Waals surface area contributed by atoms with Crippen LogP contribution in [0.5, 0.6) is 0 Å². The topological polar surface area (TPSA) is 35.6 Å². The second-order valence-corrected chi connectivity index (χ2v) is 7.10. The number of nitrogens with zero attached hydrogens (tertiary/aromatic N) is 2. The molecule has 1 aliphatic carbocycles. The largest absolute Gasteiger partial charge is 0.325 e. The van der Waals surface area contributed by atoms with Crippen molar-refractivity contribution in [2.45, 2.75) is 45.6 Å². The van der Waals surface area contributed by atoms with Crippen molar-refractivity contribution in [3.8, 4) is 0 Å². The van der Waals surface area contributed by atoms with Crippen LogP contribution < -0.4 is 5.32 Å². The number of aryl methyl sites for hydroxylation is 2. The number of hydrogen-bond acceptors (Lipinski definition) is 3. The van der Waals surface area contributed by atoms with Gasteiger partial charge in [-0.1, -0.05) is 18.9 Å². The Kier molecular flexibility index (Phi) is 5.34. The van der Waals surface area contributed by atoms with Crippen molar-refractivity contribution in [1.82, 2.24) is 9.80 Å². The van der Waals surface area contributed by atoms with Gasteiger partial charge in [0.05, 0.1) is 6.54 Å². The van der Waals surface area contributed by atoms with Gasteiger partial charge in [0, 0.05) is 37.9 Å². The monoisotopic (exact) mass is 315 g/mol. The number of carbonyl (C=O) groups is 1. The standard InChI is InChI=1S/C19H29N3O/c1-15-7-8-17(13-16(15)2)20-19(23)14-21-9-11-22(12-10-21)18-5-3-4-6-18/h7-8,13,18H,3-6,9-12,14H2,1-2H3,(H,20,23). The number of hydrogen-bond donors (Lipinski definition) is 1. The van der Waals surface area contributed by atoms with Gasteiger partial charge >= 0.3 is 0 Å². The average Bonchev–Trinajstić information content (AvgIpc) is 3.06. The number of amides is 1. The van der Waals surface area contributed by atoms with E-state index in [9.17, 15) is 4.79 Å². The fraction of sp³-hybridized carbons (Fsp3) is 0.632. The Labute approximate surface area is 139 Å². The lowest BCUT2D eigenvalue weighted by molar-refractivity contribution is -0.117. The molecular weight excluding hydrogens is 286 g/mol. The van der Waals surface area contributed by atoms with Gasteiger partial charge in [-0.05, 0) is 49.9 Å². The Hall–Kier alpha value is -1.39. The van der Waals surface area contributed by atoms with E-state index < -0.39 is 0 Å². The Morgan fingerprint density at radius 3 is 2.43 bits per heavy atom. The highest BCUT2D eigenvalue weighted by molar-refractivity contribution is 5.92. The zero-order valence-corrected chi connectivity index (χ0v) is 14.5. The lowest BCUT2D eigenvalue weighted by atomic mass is 10.1. The number of rotatable bonds is 4. The summed E-state index contributed by atoms with van der Waals surface area (Å²) in [7, 11) is 0. The summed E-state index contributed by atoms with van der Waals surface area (Å²) in [6, 6.07) is 6.90. The van der Waals surface area contributed by atoms with Crippen LogP contribution in [0.3, 0.4) is 0 Å². The third-order valence-electron chi connectivity index (χ3n) is 5.41. The first kappa shape index (κ1) is 16.5. The van der Waals surface area contributed by atoms with E-state index in [-0.39, 0.29) is 5.91 Å². The molecule has 1 heterocycles. The van der Waals surface area contributed by atoms with Crippen LogP contribution in [0.25, 0.3) is 0 Å². The van der Waals surface area contributed by atoms with Crippen molar-refractivity contribution in [1.29, 1.82) is 0 Å². The SMILES string of the molecule is Cc1ccc(NC(=O)CN2CCN(C3CCCC3)CC2)cc1C. The number of piperazine rings is 1. The van der Waals surface area contributed by atoms with Crippen molar-refractivity contribution in [3.63, 3.8) is 0 Å². The van der Waals surface area contributed by atoms with Gasteiger partial charge < -0.3 is 5.32 Å². The Morgan fingerprint density at radius 2 is 1.78 bits per heavy atom. The molecule has 0 bridgehead atoms. The van der Waals surface area contributed by atoms with Gasteiger partial charge in [0.2, 0.25) is 5.91 Å². The molecule has 0 radical (unpaired) electrons. The average molecular weight is 315 g/mol. The van der Waals surface area contributed by atoms with Crippen LogP contribution in [0.2, 0.25) is 0 Å². The molecule has 0 aromatic heterocycles. The summed E-state index contributed by atoms with van der Waals surface area (Å²) in [5.74, 6) is 0.0996. The van der Waals surface area contributed by atoms with Gasteiger partial charge in [0.1, 0.15) is 0 Å². The molecule has 2 fully saturated rings. The molecule has 1 amide bonds. The third kappa shape index (κ3) is 4.33. The summed E-state index contributed by atoms with van der Waals surface area (Å²) in [6.45, 7) is 8.92. The molecule has 4 nitrogen and oxygen atoms in total. The van der Waals surface area contributed by atoms with Crippen molar-refractivity contribution < 1.29 is 4.79 Å². The first-order chi connectivity index (χ1) is 11.1. The fourth-order valence-electron chi connectivity index (χ4n) is 3.78. The molecule has 1 saturated heterocycles. The fourth-order valence-corrected chi connectivity index (χ4v) is 3.78. The van der Waals surface area contributed by atoms with E-state index in [0.29, 0.717) is 6.54 Å². The normalized spacial score (nSPS) is 20.8. The van der Waals surface area contributed by atoms with Crippen LogP contribution in [0.4, 0.5) is 5.69 Å². The van der Waals surface area contributed by atoms with E-state index in [1.165, 1.54) is 36.8 Å². The van der Waals surface area contributed by atoms with E-state index in [1.807, 2.05) is 12.1 Å². The van der Waals surface area contributed by atoms with Crippen LogP contribution in [0.15, 0.2) is 18.2 Å². The summed E-state index contributed by atoms with van der Waals surface area (Å²) in [5, 5.41) is 3.03. The summed E-state index contributed by atoms with van der Waals surface area (Å²) in [4.78, 5) is 17.2. The van der Waals surface area contributed by atoms with Crippen molar-refractivity contribution in [2.24, 2.45) is 0 Å². The smallest absolute Gasteiger partial charge is 0.238 e. The molecule has 1 N–H and O–H groups in total. The number of carbonyl (C=O) groups excluding carboxylic acids is 1. The van der Waals surface area contributed by atoms with Gasteiger partial charge in [0.25, 0.3) is 0 Å². The highest BCUT2D eigenvalue weighted by Gasteiger charge is 2.26. The lowest BCUT2D eigenvalue weighted by Gasteiger charge is -2.37. The molecule has 3 rings (SSSR count). The Balaban J connectivity index is 1.44. The van der Waals surface area contributed by atoms with Gasteiger partial charge in [0.15, 0.2) is 0 Å². The third-order valence-corrected chi connectivity index (χ3v) is 5.41. The van der Waals surface area contributed by atoms with E-state index in [1.54, 1.807) is 0 Å². The minimum atomic E-state index is 0.0996. The van der Waals surface area contributed by atoms with Crippen LogP contribution in [-0.2, 0) is 4.79 Å². The maximum Gasteiger partial charge on any atom is 0.238 e. The van der Waals surface area contributed by atoms with E-state index in [2.05, 4.69) is 35.0 Å². The Morgan fingerprint density at radius 1 is 1.09 bits per heavy atom. The lowest BCUT2D eigenvalue weighted by Crippen LogP contribution is -2.51. The summed E-state index contributed by atoms with van der Waals surface area (Å²) >= 11 is 0. The molecule has 4 heteroatoms. The molecule has 1 aliphatic heterocycles. The minimum absolute atomic E-state index is 0.0996. The number of benzene rings is 1. The van der Waals surface area contributed by atoms with Crippen LogP contribution >= 0.6 is 0 Å². The minimum Gasteiger partial charge on any atom is -0.325 e. The van der Waals surface area contributed by atoms with Crippen molar-refractivity contribution in [3.05, 3.63) is 29.3 Å². The Bertz CT molecular complexity index is 544. The molecule has 0 unspecified atom stereocenters. The predicted molar refractivity (Wildman–Crippen MR) is 94.8 cm³/mol. The summed E-state index contributed by atoms with van der Waals surface area (Å²) < 4.78 is 0. The second kappa shape index (κ2) is 7.45. The van der Waals surface area contributed by atoms with Crippen LogP contribution in [-0.4, -0.2) is 54.5 Å². The zero-order valence-electron chi connectivity index (χ0n) is 14.5. The van der Waals surface area contributed by atoms with Gasteiger partial charge in [-0.25, -0.2) is 0 Å². The van der Waals surface area contributed by atoms with Gasteiger partial charge in [-0.3, -0.25) is 14.6 Å². The maximum atomic E-state index is 12.2. The number of anilines is 1. The molecule has 2 aliphatic rings. The highest BCUT2D eigenvalue weighted by Crippen LogP contribution is 2.24. The molecule has 126 valence electrons. The van der Waals surface area contributed by atoms with Gasteiger partial charge in [-0.2, -0.15) is 0 Å². The molecule has 1 saturated carbocycles. The molecule has 23 heavy (non-hydrogen) atoms. The van der Waals surface area contributed by atoms with E-state index in [4.69, 9.17) is 0 Å². The number of nitrogens with one attached hydrogen (secondary N) is 1. The molecule has 1 aromatic carbocycles. The van der Waals surface area contributed by atoms with E-state index in [0.717, 1.165) is 37.9 Å². The van der Waals surface area contributed by atoms with Crippen LogP contribution in [0.1, 0.15) is 36.8 Å². The molecule has 0 atom stereocenters. The van der Waals surface area contributed by atoms with Crippen LogP contribution in [0, 0.1) is 13.8 Å². The molecule has 1 aromatic rings. The molecular formula is C19H29N3O. The summed E-state index contributed by atoms with van der Waals surface area (Å²) in [6.07, 6.45) is 5.52. The summed E-state index contributed by atoms with van der Waals surface area (Å²) in [5.41, 5.74) is 3.38. The first-order valence-corrected chi connectivity index (χ1v) is 8.95. The predicted octanol–water partition coefficient (Wildman–Crippen LogP) is 2.80. The van der Waals surface area contributed by atoms with E-state index >= 15 is 0 Å². The van der Waals surface area contributed by atoms with Crippen molar-refractivity contribution in [2.75, 3.05) is 38.0 Å². The van der Waals surface area contributed by atoms with Crippen molar-refractivity contribution >= 4 is 11.6 Å². The highest BCUT2D eigenvalue weighted by atomic mass is 16.2. The maximum absolute atomic E-state index is 12.2. The van der Waals surface area contributed by atoms with Gasteiger partial charge in [-0.15, -0.1) is 0 Å². The second-order valence-electron chi connectivity index (χ2n) is 7.10.